The summed E-state index contributed by atoms with van der Waals surface area (Å²) in [6.45, 7) is 3.62. The molecular weight excluding hydrogens is 188 g/mol. The summed E-state index contributed by atoms with van der Waals surface area (Å²) in [7, 11) is 0. The summed E-state index contributed by atoms with van der Waals surface area (Å²) in [5, 5.41) is 11.4. The first-order chi connectivity index (χ1) is 7.33. The van der Waals surface area contributed by atoms with E-state index in [4.69, 9.17) is 10.00 Å². The van der Waals surface area contributed by atoms with E-state index in [0.29, 0.717) is 19.8 Å². The van der Waals surface area contributed by atoms with E-state index in [1.165, 1.54) is 5.56 Å². The van der Waals surface area contributed by atoms with Gasteiger partial charge in [-0.25, -0.2) is 0 Å². The molecule has 3 heteroatoms. The van der Waals surface area contributed by atoms with Crippen LogP contribution in [-0.2, 0) is 11.3 Å². The fourth-order valence-corrected chi connectivity index (χ4v) is 1.21. The molecule has 0 bridgehead atoms. The zero-order valence-electron chi connectivity index (χ0n) is 8.94. The maximum atomic E-state index is 8.37. The number of ether oxygens (including phenoxy) is 1. The zero-order chi connectivity index (χ0) is 10.9. The minimum absolute atomic E-state index is 0.216. The van der Waals surface area contributed by atoms with Crippen LogP contribution in [0.5, 0.6) is 0 Å². The Morgan fingerprint density at radius 2 is 2.13 bits per heavy atom. The molecule has 1 N–H and O–H groups in total. The monoisotopic (exact) mass is 204 g/mol. The van der Waals surface area contributed by atoms with Crippen LogP contribution in [0, 0.1) is 11.3 Å². The average Bonchev–Trinajstić information content (AvgIpc) is 2.28. The predicted octanol–water partition coefficient (Wildman–Crippen LogP) is 1.70. The molecule has 0 fully saturated rings. The van der Waals surface area contributed by atoms with E-state index in [1.54, 1.807) is 0 Å². The highest BCUT2D eigenvalue weighted by atomic mass is 16.5. The van der Waals surface area contributed by atoms with Crippen molar-refractivity contribution >= 4 is 0 Å². The number of rotatable bonds is 6. The van der Waals surface area contributed by atoms with Gasteiger partial charge in [0.05, 0.1) is 25.8 Å². The van der Waals surface area contributed by atoms with Crippen LogP contribution in [0.3, 0.4) is 0 Å². The molecule has 0 aliphatic rings. The van der Waals surface area contributed by atoms with Crippen LogP contribution in [0.25, 0.3) is 0 Å². The minimum atomic E-state index is 0.216. The third kappa shape index (κ3) is 5.16. The summed E-state index contributed by atoms with van der Waals surface area (Å²) in [6, 6.07) is 12.3. The summed E-state index contributed by atoms with van der Waals surface area (Å²) in [5.74, 6) is 0. The van der Waals surface area contributed by atoms with E-state index in [0.717, 1.165) is 0 Å². The predicted molar refractivity (Wildman–Crippen MR) is 59.2 cm³/mol. The highest BCUT2D eigenvalue weighted by molar-refractivity contribution is 5.13. The Morgan fingerprint density at radius 3 is 2.80 bits per heavy atom. The normalized spacial score (nSPS) is 12.0. The molecule has 0 saturated heterocycles. The summed E-state index contributed by atoms with van der Waals surface area (Å²) in [6.07, 6.45) is 0. The van der Waals surface area contributed by atoms with E-state index in [9.17, 15) is 0 Å². The number of hydrogen-bond donors (Lipinski definition) is 1. The molecule has 1 unspecified atom stereocenters. The van der Waals surface area contributed by atoms with E-state index in [1.807, 2.05) is 43.3 Å². The van der Waals surface area contributed by atoms with Crippen molar-refractivity contribution in [2.45, 2.75) is 19.6 Å². The van der Waals surface area contributed by atoms with E-state index in [-0.39, 0.29) is 6.04 Å². The van der Waals surface area contributed by atoms with E-state index in [2.05, 4.69) is 5.32 Å². The molecule has 0 radical (unpaired) electrons. The van der Waals surface area contributed by atoms with Crippen molar-refractivity contribution in [3.63, 3.8) is 0 Å². The Labute approximate surface area is 90.7 Å². The molecule has 1 aromatic rings. The fourth-order valence-electron chi connectivity index (χ4n) is 1.21. The van der Waals surface area contributed by atoms with Crippen molar-refractivity contribution in [2.24, 2.45) is 0 Å². The van der Waals surface area contributed by atoms with Crippen molar-refractivity contribution in [1.82, 2.24) is 5.32 Å². The molecule has 0 saturated carbocycles. The lowest BCUT2D eigenvalue weighted by Crippen LogP contribution is -2.30. The molecule has 80 valence electrons. The molecular formula is C12H16N2O. The lowest BCUT2D eigenvalue weighted by atomic mass is 10.2. The Balaban J connectivity index is 2.14. The molecule has 0 aliphatic carbocycles. The summed E-state index contributed by atoms with van der Waals surface area (Å²) in [4.78, 5) is 0. The Morgan fingerprint density at radius 1 is 1.40 bits per heavy atom. The maximum absolute atomic E-state index is 8.37. The van der Waals surface area contributed by atoms with Gasteiger partial charge in [-0.05, 0) is 12.5 Å². The van der Waals surface area contributed by atoms with Gasteiger partial charge < -0.3 is 4.74 Å². The quantitative estimate of drug-likeness (QED) is 0.717. The van der Waals surface area contributed by atoms with Crippen molar-refractivity contribution in [1.29, 1.82) is 5.26 Å². The second kappa shape index (κ2) is 6.99. The number of nitrogens with zero attached hydrogens (tertiary/aromatic N) is 1. The topological polar surface area (TPSA) is 45.0 Å². The van der Waals surface area contributed by atoms with Crippen molar-refractivity contribution in [3.05, 3.63) is 35.9 Å². The minimum Gasteiger partial charge on any atom is -0.375 e. The van der Waals surface area contributed by atoms with Crippen LogP contribution in [0.4, 0.5) is 0 Å². The van der Waals surface area contributed by atoms with Crippen LogP contribution in [-0.4, -0.2) is 19.2 Å². The highest BCUT2D eigenvalue weighted by Gasteiger charge is 2.00. The average molecular weight is 204 g/mol. The summed E-state index contributed by atoms with van der Waals surface area (Å²) >= 11 is 0. The zero-order valence-corrected chi connectivity index (χ0v) is 8.94. The van der Waals surface area contributed by atoms with E-state index < -0.39 is 0 Å². The number of nitriles is 1. The molecule has 15 heavy (non-hydrogen) atoms. The maximum Gasteiger partial charge on any atom is 0.0843 e. The summed E-state index contributed by atoms with van der Waals surface area (Å²) in [5.41, 5.74) is 1.17. The van der Waals surface area contributed by atoms with Crippen LogP contribution in [0.15, 0.2) is 30.3 Å². The van der Waals surface area contributed by atoms with Gasteiger partial charge in [-0.3, -0.25) is 5.32 Å². The van der Waals surface area contributed by atoms with Gasteiger partial charge in [0.2, 0.25) is 0 Å². The Hall–Kier alpha value is -1.37. The van der Waals surface area contributed by atoms with Crippen LogP contribution >= 0.6 is 0 Å². The van der Waals surface area contributed by atoms with Crippen LogP contribution in [0.2, 0.25) is 0 Å². The van der Waals surface area contributed by atoms with Gasteiger partial charge in [0.1, 0.15) is 0 Å². The molecule has 3 nitrogen and oxygen atoms in total. The third-order valence-corrected chi connectivity index (χ3v) is 2.01. The lowest BCUT2D eigenvalue weighted by Gasteiger charge is -2.11. The number of benzene rings is 1. The van der Waals surface area contributed by atoms with Crippen molar-refractivity contribution in [3.8, 4) is 6.07 Å². The van der Waals surface area contributed by atoms with Crippen LogP contribution < -0.4 is 5.32 Å². The molecule has 1 rings (SSSR count). The molecule has 0 aromatic heterocycles. The Kier molecular flexibility index (Phi) is 5.46. The molecule has 1 atom stereocenters. The van der Waals surface area contributed by atoms with Gasteiger partial charge in [0.25, 0.3) is 0 Å². The standard InChI is InChI=1S/C12H16N2O/c1-11(14-8-7-13)9-15-10-12-5-3-2-4-6-12/h2-6,11,14H,8-10H2,1H3. The van der Waals surface area contributed by atoms with Gasteiger partial charge in [0.15, 0.2) is 0 Å². The van der Waals surface area contributed by atoms with Crippen molar-refractivity contribution < 1.29 is 4.74 Å². The summed E-state index contributed by atoms with van der Waals surface area (Å²) < 4.78 is 5.51. The van der Waals surface area contributed by atoms with Gasteiger partial charge >= 0.3 is 0 Å². The molecule has 0 amide bonds. The Bertz CT molecular complexity index is 305. The first-order valence-corrected chi connectivity index (χ1v) is 5.05. The number of nitrogens with one attached hydrogen (secondary N) is 1. The van der Waals surface area contributed by atoms with Crippen LogP contribution in [0.1, 0.15) is 12.5 Å². The van der Waals surface area contributed by atoms with Gasteiger partial charge in [-0.2, -0.15) is 5.26 Å². The largest absolute Gasteiger partial charge is 0.375 e. The SMILES string of the molecule is CC(COCc1ccccc1)NCC#N. The lowest BCUT2D eigenvalue weighted by molar-refractivity contribution is 0.104. The van der Waals surface area contributed by atoms with E-state index >= 15 is 0 Å². The van der Waals surface area contributed by atoms with Gasteiger partial charge in [-0.1, -0.05) is 30.3 Å². The molecule has 0 aliphatic heterocycles. The van der Waals surface area contributed by atoms with Gasteiger partial charge in [0, 0.05) is 6.04 Å². The smallest absolute Gasteiger partial charge is 0.0843 e. The fraction of sp³-hybridized carbons (Fsp3) is 0.417. The molecule has 0 spiro atoms. The second-order valence-electron chi connectivity index (χ2n) is 3.44. The highest BCUT2D eigenvalue weighted by Crippen LogP contribution is 2.00. The second-order valence-corrected chi connectivity index (χ2v) is 3.44. The molecule has 1 aromatic carbocycles. The first kappa shape index (κ1) is 11.7. The third-order valence-electron chi connectivity index (χ3n) is 2.01. The number of hydrogen-bond acceptors (Lipinski definition) is 3. The molecule has 0 heterocycles. The first-order valence-electron chi connectivity index (χ1n) is 5.05. The van der Waals surface area contributed by atoms with Crippen molar-refractivity contribution in [2.75, 3.05) is 13.2 Å². The van der Waals surface area contributed by atoms with Gasteiger partial charge in [-0.15, -0.1) is 0 Å².